The summed E-state index contributed by atoms with van der Waals surface area (Å²) in [5, 5.41) is 4.73. The lowest BCUT2D eigenvalue weighted by molar-refractivity contribution is 0.378. The van der Waals surface area contributed by atoms with Gasteiger partial charge in [0.25, 0.3) is 5.56 Å². The smallest absolute Gasteiger partial charge is 0.267 e. The third-order valence-electron chi connectivity index (χ3n) is 2.24. The third kappa shape index (κ3) is 2.80. The van der Waals surface area contributed by atoms with Gasteiger partial charge < -0.3 is 4.74 Å². The van der Waals surface area contributed by atoms with Gasteiger partial charge in [-0.25, -0.2) is 9.67 Å². The van der Waals surface area contributed by atoms with Crippen LogP contribution in [0.1, 0.15) is 5.69 Å². The summed E-state index contributed by atoms with van der Waals surface area (Å²) in [6.45, 7) is 0.134. The number of aromatic nitrogens is 3. The molecule has 0 saturated heterocycles. The number of ether oxygens (including phenoxy) is 1. The zero-order chi connectivity index (χ0) is 13.1. The minimum absolute atomic E-state index is 0.134. The highest BCUT2D eigenvalue weighted by Crippen LogP contribution is 2.17. The van der Waals surface area contributed by atoms with Crippen LogP contribution in [0.15, 0.2) is 29.1 Å². The predicted octanol–water partition coefficient (Wildman–Crippen LogP) is 2.00. The molecule has 0 aliphatic heterocycles. The van der Waals surface area contributed by atoms with Crippen molar-refractivity contribution in [1.29, 1.82) is 0 Å². The number of hydrogen-bond donors (Lipinski definition) is 0. The van der Waals surface area contributed by atoms with Crippen LogP contribution in [-0.2, 0) is 6.54 Å². The fourth-order valence-electron chi connectivity index (χ4n) is 1.36. The molecular weight excluding hydrogens is 277 g/mol. The Bertz CT molecular complexity index is 628. The molecule has 0 aliphatic rings. The van der Waals surface area contributed by atoms with Crippen LogP contribution >= 0.6 is 23.2 Å². The van der Waals surface area contributed by atoms with E-state index >= 15 is 0 Å². The molecule has 0 N–H and O–H groups in total. The largest absolute Gasteiger partial charge is 0.480 e. The number of hydrogen-bond acceptors (Lipinski definition) is 4. The molecule has 2 heterocycles. The number of halogens is 2. The minimum Gasteiger partial charge on any atom is -0.480 e. The van der Waals surface area contributed by atoms with Crippen molar-refractivity contribution < 1.29 is 4.74 Å². The Balaban J connectivity index is 2.39. The van der Waals surface area contributed by atoms with E-state index in [1.165, 1.54) is 23.9 Å². The van der Waals surface area contributed by atoms with Crippen molar-refractivity contribution in [3.05, 3.63) is 50.5 Å². The molecule has 0 aromatic carbocycles. The summed E-state index contributed by atoms with van der Waals surface area (Å²) >= 11 is 11.8. The summed E-state index contributed by atoms with van der Waals surface area (Å²) in [6.07, 6.45) is 0. The van der Waals surface area contributed by atoms with Gasteiger partial charge in [-0.3, -0.25) is 4.79 Å². The summed E-state index contributed by atoms with van der Waals surface area (Å²) in [4.78, 5) is 15.7. The highest BCUT2D eigenvalue weighted by Gasteiger charge is 2.07. The normalized spacial score (nSPS) is 10.4. The monoisotopic (exact) mass is 285 g/mol. The lowest BCUT2D eigenvalue weighted by Crippen LogP contribution is -2.23. The number of nitrogens with zero attached hydrogens (tertiary/aromatic N) is 3. The molecule has 0 amide bonds. The van der Waals surface area contributed by atoms with E-state index in [-0.39, 0.29) is 12.1 Å². The molecule has 2 aromatic rings. The van der Waals surface area contributed by atoms with E-state index in [4.69, 9.17) is 27.9 Å². The van der Waals surface area contributed by atoms with E-state index < -0.39 is 0 Å². The second-order valence-electron chi connectivity index (χ2n) is 3.43. The molecule has 0 bridgehead atoms. The van der Waals surface area contributed by atoms with Crippen molar-refractivity contribution in [2.24, 2.45) is 0 Å². The highest BCUT2D eigenvalue weighted by molar-refractivity contribution is 6.32. The average molecular weight is 286 g/mol. The van der Waals surface area contributed by atoms with E-state index in [1.54, 1.807) is 12.1 Å². The zero-order valence-corrected chi connectivity index (χ0v) is 10.9. The molecule has 94 valence electrons. The lowest BCUT2D eigenvalue weighted by atomic mass is 10.3. The standard InChI is InChI=1S/C11H9Cl2N3O2/c1-18-10-4-5-11(17)16(15-10)6-8-7(12)2-3-9(13)14-8/h2-5H,6H2,1H3. The van der Waals surface area contributed by atoms with Crippen molar-refractivity contribution in [3.8, 4) is 5.88 Å². The second kappa shape index (κ2) is 5.37. The first-order valence-corrected chi connectivity index (χ1v) is 5.79. The van der Waals surface area contributed by atoms with E-state index in [1.807, 2.05) is 0 Å². The number of pyridine rings is 1. The van der Waals surface area contributed by atoms with Gasteiger partial charge in [-0.1, -0.05) is 23.2 Å². The van der Waals surface area contributed by atoms with E-state index in [0.717, 1.165) is 0 Å². The summed E-state index contributed by atoms with van der Waals surface area (Å²) in [7, 11) is 1.47. The fourth-order valence-corrected chi connectivity index (χ4v) is 1.69. The van der Waals surface area contributed by atoms with Crippen LogP contribution < -0.4 is 10.3 Å². The highest BCUT2D eigenvalue weighted by atomic mass is 35.5. The third-order valence-corrected chi connectivity index (χ3v) is 2.79. The average Bonchev–Trinajstić information content (AvgIpc) is 2.36. The van der Waals surface area contributed by atoms with Crippen molar-refractivity contribution in [2.45, 2.75) is 6.54 Å². The number of methoxy groups -OCH3 is 1. The molecule has 7 heteroatoms. The van der Waals surface area contributed by atoms with Gasteiger partial charge in [0.1, 0.15) is 5.15 Å². The van der Waals surface area contributed by atoms with Gasteiger partial charge in [0.15, 0.2) is 0 Å². The zero-order valence-electron chi connectivity index (χ0n) is 9.43. The summed E-state index contributed by atoms with van der Waals surface area (Å²) in [5.74, 6) is 0.341. The van der Waals surface area contributed by atoms with Crippen molar-refractivity contribution >= 4 is 23.2 Å². The van der Waals surface area contributed by atoms with Crippen molar-refractivity contribution in [2.75, 3.05) is 7.11 Å². The molecule has 18 heavy (non-hydrogen) atoms. The van der Waals surface area contributed by atoms with Crippen LogP contribution in [0.4, 0.5) is 0 Å². The van der Waals surface area contributed by atoms with Crippen molar-refractivity contribution in [1.82, 2.24) is 14.8 Å². The molecule has 0 radical (unpaired) electrons. The maximum atomic E-state index is 11.6. The molecule has 0 aliphatic carbocycles. The van der Waals surface area contributed by atoms with Gasteiger partial charge in [-0.2, -0.15) is 0 Å². The quantitative estimate of drug-likeness (QED) is 0.810. The van der Waals surface area contributed by atoms with Gasteiger partial charge >= 0.3 is 0 Å². The Morgan fingerprint density at radius 1 is 1.28 bits per heavy atom. The first-order valence-electron chi connectivity index (χ1n) is 5.03. The van der Waals surface area contributed by atoms with Gasteiger partial charge in [-0.05, 0) is 12.1 Å². The molecule has 0 spiro atoms. The van der Waals surface area contributed by atoms with E-state index in [0.29, 0.717) is 21.7 Å². The SMILES string of the molecule is COc1ccc(=O)n(Cc2nc(Cl)ccc2Cl)n1. The maximum absolute atomic E-state index is 11.6. The van der Waals surface area contributed by atoms with Gasteiger partial charge in [0.2, 0.25) is 5.88 Å². The first-order chi connectivity index (χ1) is 8.60. The molecule has 2 aromatic heterocycles. The minimum atomic E-state index is -0.270. The Hall–Kier alpha value is -1.59. The molecular formula is C11H9Cl2N3O2. The molecule has 2 rings (SSSR count). The summed E-state index contributed by atoms with van der Waals surface area (Å²) in [6, 6.07) is 6.06. The molecule has 5 nitrogen and oxygen atoms in total. The Labute approximate surface area is 113 Å². The summed E-state index contributed by atoms with van der Waals surface area (Å²) in [5.41, 5.74) is 0.209. The number of rotatable bonds is 3. The maximum Gasteiger partial charge on any atom is 0.267 e. The topological polar surface area (TPSA) is 57.0 Å². The molecule has 0 fully saturated rings. The molecule has 0 unspecified atom stereocenters. The van der Waals surface area contributed by atoms with E-state index in [2.05, 4.69) is 10.1 Å². The van der Waals surface area contributed by atoms with Gasteiger partial charge in [0, 0.05) is 12.1 Å². The van der Waals surface area contributed by atoms with Crippen molar-refractivity contribution in [3.63, 3.8) is 0 Å². The van der Waals surface area contributed by atoms with Crippen LogP contribution in [0.25, 0.3) is 0 Å². The molecule has 0 atom stereocenters. The Kier molecular flexibility index (Phi) is 3.84. The lowest BCUT2D eigenvalue weighted by Gasteiger charge is -2.07. The molecule has 0 saturated carbocycles. The predicted molar refractivity (Wildman–Crippen MR) is 68.4 cm³/mol. The van der Waals surface area contributed by atoms with Crippen LogP contribution in [0.2, 0.25) is 10.2 Å². The van der Waals surface area contributed by atoms with Crippen LogP contribution in [0.3, 0.4) is 0 Å². The fraction of sp³-hybridized carbons (Fsp3) is 0.182. The van der Waals surface area contributed by atoms with Crippen LogP contribution in [0.5, 0.6) is 5.88 Å². The van der Waals surface area contributed by atoms with Gasteiger partial charge in [-0.15, -0.1) is 5.10 Å². The van der Waals surface area contributed by atoms with Crippen LogP contribution in [-0.4, -0.2) is 21.9 Å². The Morgan fingerprint density at radius 2 is 2.06 bits per heavy atom. The second-order valence-corrected chi connectivity index (χ2v) is 4.23. The Morgan fingerprint density at radius 3 is 2.78 bits per heavy atom. The summed E-state index contributed by atoms with van der Waals surface area (Å²) < 4.78 is 6.16. The van der Waals surface area contributed by atoms with Crippen LogP contribution in [0, 0.1) is 0 Å². The van der Waals surface area contributed by atoms with Gasteiger partial charge in [0.05, 0.1) is 24.4 Å². The first kappa shape index (κ1) is 12.9. The van der Waals surface area contributed by atoms with E-state index in [9.17, 15) is 4.79 Å².